The molecule has 5 rings (SSSR count). The molecule has 4 heterocycles. The number of fused-ring (bicyclic) bond motifs is 1. The molecule has 0 unspecified atom stereocenters. The molecule has 8 heteroatoms. The number of carbonyl (C=O) groups is 1. The summed E-state index contributed by atoms with van der Waals surface area (Å²) in [5.41, 5.74) is 2.14. The zero-order valence-electron chi connectivity index (χ0n) is 17.6. The number of hydrogen-bond donors (Lipinski definition) is 1. The van der Waals surface area contributed by atoms with Crippen molar-refractivity contribution in [2.75, 3.05) is 13.1 Å². The number of carbonyl (C=O) groups excluding carboxylic acids is 1. The van der Waals surface area contributed by atoms with Gasteiger partial charge in [0.25, 0.3) is 11.5 Å². The molecule has 2 fully saturated rings. The van der Waals surface area contributed by atoms with E-state index in [4.69, 9.17) is 4.98 Å². The molecule has 160 valence electrons. The predicted octanol–water partition coefficient (Wildman–Crippen LogP) is 2.17. The summed E-state index contributed by atoms with van der Waals surface area (Å²) in [5.74, 6) is 0.546. The van der Waals surface area contributed by atoms with E-state index in [2.05, 4.69) is 15.0 Å². The van der Waals surface area contributed by atoms with E-state index in [-0.39, 0.29) is 17.5 Å². The van der Waals surface area contributed by atoms with Gasteiger partial charge in [-0.05, 0) is 44.6 Å². The van der Waals surface area contributed by atoms with E-state index in [0.717, 1.165) is 50.0 Å². The van der Waals surface area contributed by atoms with Gasteiger partial charge in [0.05, 0.1) is 11.7 Å². The molecule has 1 saturated heterocycles. The maximum Gasteiger partial charge on any atom is 0.274 e. The molecule has 2 aromatic heterocycles. The van der Waals surface area contributed by atoms with Crippen LogP contribution in [0.3, 0.4) is 0 Å². The lowest BCUT2D eigenvalue weighted by Crippen LogP contribution is -2.43. The van der Waals surface area contributed by atoms with Crippen LogP contribution in [0.4, 0.5) is 0 Å². The van der Waals surface area contributed by atoms with E-state index in [1.165, 1.54) is 25.7 Å². The molecule has 1 N–H and O–H groups in total. The Morgan fingerprint density at radius 3 is 2.70 bits per heavy atom. The molecule has 1 amide bonds. The van der Waals surface area contributed by atoms with Gasteiger partial charge in [-0.2, -0.15) is 5.10 Å². The van der Waals surface area contributed by atoms with E-state index < -0.39 is 0 Å². The molecule has 8 nitrogen and oxygen atoms in total. The average molecular weight is 411 g/mol. The molecule has 0 bridgehead atoms. The van der Waals surface area contributed by atoms with Gasteiger partial charge >= 0.3 is 0 Å². The molecule has 1 saturated carbocycles. The third kappa shape index (κ3) is 3.57. The van der Waals surface area contributed by atoms with Gasteiger partial charge in [-0.1, -0.05) is 12.8 Å². The van der Waals surface area contributed by atoms with Gasteiger partial charge in [-0.25, -0.2) is 4.98 Å². The number of likely N-dealkylation sites (tertiary alicyclic amines) is 1. The number of nitrogens with zero attached hydrogens (tertiary/aromatic N) is 5. The van der Waals surface area contributed by atoms with Crippen molar-refractivity contribution in [1.82, 2.24) is 29.5 Å². The van der Waals surface area contributed by atoms with Gasteiger partial charge < -0.3 is 9.88 Å². The van der Waals surface area contributed by atoms with Crippen LogP contribution in [0.15, 0.2) is 17.1 Å². The van der Waals surface area contributed by atoms with Crippen LogP contribution >= 0.6 is 0 Å². The number of aromatic amines is 1. The number of piperidine rings is 1. The Labute approximate surface area is 176 Å². The van der Waals surface area contributed by atoms with Crippen molar-refractivity contribution in [1.29, 1.82) is 0 Å². The molecule has 2 aromatic rings. The lowest BCUT2D eigenvalue weighted by atomic mass is 9.99. The van der Waals surface area contributed by atoms with Gasteiger partial charge in [0.15, 0.2) is 0 Å². The first-order valence-electron chi connectivity index (χ1n) is 11.3. The molecule has 1 aliphatic carbocycles. The molecule has 1 atom stereocenters. The molecule has 0 radical (unpaired) electrons. The lowest BCUT2D eigenvalue weighted by molar-refractivity contribution is 0.0591. The van der Waals surface area contributed by atoms with Crippen molar-refractivity contribution >= 4 is 5.91 Å². The first-order valence-corrected chi connectivity index (χ1v) is 11.3. The van der Waals surface area contributed by atoms with E-state index in [1.54, 1.807) is 16.9 Å². The summed E-state index contributed by atoms with van der Waals surface area (Å²) in [6.07, 6.45) is 10.4. The van der Waals surface area contributed by atoms with Gasteiger partial charge in [0, 0.05) is 44.5 Å². The quantitative estimate of drug-likeness (QED) is 0.838. The van der Waals surface area contributed by atoms with Crippen LogP contribution in [-0.2, 0) is 20.0 Å². The van der Waals surface area contributed by atoms with Crippen molar-refractivity contribution in [2.24, 2.45) is 7.05 Å². The van der Waals surface area contributed by atoms with E-state index in [1.807, 2.05) is 11.9 Å². The minimum absolute atomic E-state index is 0.0307. The van der Waals surface area contributed by atoms with Crippen LogP contribution in [0.5, 0.6) is 0 Å². The monoisotopic (exact) mass is 410 g/mol. The Balaban J connectivity index is 1.44. The van der Waals surface area contributed by atoms with Gasteiger partial charge in [-0.15, -0.1) is 0 Å². The summed E-state index contributed by atoms with van der Waals surface area (Å²) in [4.78, 5) is 38.3. The van der Waals surface area contributed by atoms with Gasteiger partial charge in [0.2, 0.25) is 0 Å². The second kappa shape index (κ2) is 7.98. The maximum atomic E-state index is 13.1. The number of nitrogens with one attached hydrogen (secondary N) is 1. The third-order valence-electron chi connectivity index (χ3n) is 6.97. The lowest BCUT2D eigenvalue weighted by Gasteiger charge is -2.36. The van der Waals surface area contributed by atoms with Crippen molar-refractivity contribution in [3.8, 4) is 0 Å². The summed E-state index contributed by atoms with van der Waals surface area (Å²) < 4.78 is 1.64. The Hall–Kier alpha value is -2.48. The second-order valence-corrected chi connectivity index (χ2v) is 8.92. The van der Waals surface area contributed by atoms with Crippen LogP contribution in [0.25, 0.3) is 0 Å². The number of H-pyrrole nitrogens is 1. The minimum atomic E-state index is -0.201. The molecule has 0 spiro atoms. The molecular formula is C22H30N6O2. The SMILES string of the molecule is Cn1ccc(C(=O)N2CCCC[C@@H]2c2nc3c(c(=O)[nH]2)CCN(C2CCCC2)C3)n1. The van der Waals surface area contributed by atoms with E-state index in [0.29, 0.717) is 24.1 Å². The second-order valence-electron chi connectivity index (χ2n) is 8.92. The largest absolute Gasteiger partial charge is 0.327 e. The van der Waals surface area contributed by atoms with Crippen LogP contribution < -0.4 is 5.56 Å². The fourth-order valence-corrected chi connectivity index (χ4v) is 5.35. The zero-order valence-corrected chi connectivity index (χ0v) is 17.6. The van der Waals surface area contributed by atoms with E-state index in [9.17, 15) is 9.59 Å². The van der Waals surface area contributed by atoms with Crippen LogP contribution in [-0.4, -0.2) is 54.6 Å². The van der Waals surface area contributed by atoms with E-state index >= 15 is 0 Å². The van der Waals surface area contributed by atoms with Crippen LogP contribution in [0.2, 0.25) is 0 Å². The Morgan fingerprint density at radius 1 is 1.13 bits per heavy atom. The van der Waals surface area contributed by atoms with Crippen molar-refractivity contribution in [3.05, 3.63) is 45.4 Å². The highest BCUT2D eigenvalue weighted by Gasteiger charge is 2.33. The van der Waals surface area contributed by atoms with Gasteiger partial charge in [-0.3, -0.25) is 19.2 Å². The molecule has 0 aromatic carbocycles. The molecule has 2 aliphatic heterocycles. The Morgan fingerprint density at radius 2 is 1.93 bits per heavy atom. The highest BCUT2D eigenvalue weighted by molar-refractivity contribution is 5.92. The summed E-state index contributed by atoms with van der Waals surface area (Å²) in [6, 6.07) is 2.17. The third-order valence-corrected chi connectivity index (χ3v) is 6.97. The van der Waals surface area contributed by atoms with Crippen LogP contribution in [0.1, 0.15) is 78.6 Å². The molecular weight excluding hydrogens is 380 g/mol. The number of amides is 1. The summed E-state index contributed by atoms with van der Waals surface area (Å²) >= 11 is 0. The van der Waals surface area contributed by atoms with Crippen molar-refractivity contribution < 1.29 is 4.79 Å². The van der Waals surface area contributed by atoms with Crippen molar-refractivity contribution in [2.45, 2.75) is 70.0 Å². The fourth-order valence-electron chi connectivity index (χ4n) is 5.35. The smallest absolute Gasteiger partial charge is 0.274 e. The average Bonchev–Trinajstić information content (AvgIpc) is 3.45. The Kier molecular flexibility index (Phi) is 5.18. The fraction of sp³-hybridized carbons (Fsp3) is 0.636. The number of rotatable bonds is 3. The standard InChI is InChI=1S/C22H30N6O2/c1-26-12-10-17(25-26)22(30)28-11-5-4-8-19(28)20-23-18-14-27(15-6-2-3-7-15)13-9-16(18)21(29)24-20/h10,12,15,19H,2-9,11,13-14H2,1H3,(H,23,24,29)/t19-/m1/s1. The predicted molar refractivity (Wildman–Crippen MR) is 112 cm³/mol. The Bertz CT molecular complexity index is 990. The summed E-state index contributed by atoms with van der Waals surface area (Å²) in [7, 11) is 1.81. The number of hydrogen-bond acceptors (Lipinski definition) is 5. The highest BCUT2D eigenvalue weighted by atomic mass is 16.2. The number of aromatic nitrogens is 4. The van der Waals surface area contributed by atoms with Crippen molar-refractivity contribution in [3.63, 3.8) is 0 Å². The van der Waals surface area contributed by atoms with Gasteiger partial charge in [0.1, 0.15) is 11.5 Å². The topological polar surface area (TPSA) is 87.1 Å². The maximum absolute atomic E-state index is 13.1. The molecule has 3 aliphatic rings. The summed E-state index contributed by atoms with van der Waals surface area (Å²) in [5, 5.41) is 4.28. The first-order chi connectivity index (χ1) is 14.6. The minimum Gasteiger partial charge on any atom is -0.327 e. The first kappa shape index (κ1) is 19.5. The highest BCUT2D eigenvalue weighted by Crippen LogP contribution is 2.31. The zero-order chi connectivity index (χ0) is 20.7. The molecule has 30 heavy (non-hydrogen) atoms. The number of aryl methyl sites for hydroxylation is 1. The summed E-state index contributed by atoms with van der Waals surface area (Å²) in [6.45, 7) is 2.35. The normalized spacial score (nSPS) is 23.0. The van der Waals surface area contributed by atoms with Crippen LogP contribution in [0, 0.1) is 0 Å².